The Balaban J connectivity index is 1.58. The fourth-order valence-corrected chi connectivity index (χ4v) is 3.91. The van der Waals surface area contributed by atoms with Crippen LogP contribution in [0.3, 0.4) is 0 Å². The lowest BCUT2D eigenvalue weighted by molar-refractivity contribution is -0.136. The van der Waals surface area contributed by atoms with Crippen LogP contribution in [0.15, 0.2) is 24.4 Å². The predicted molar refractivity (Wildman–Crippen MR) is 104 cm³/mol. The summed E-state index contributed by atoms with van der Waals surface area (Å²) in [5.41, 5.74) is 2.73. The maximum atomic E-state index is 12.8. The molecular formula is C20H24N6O3. The molecule has 0 saturated carbocycles. The van der Waals surface area contributed by atoms with E-state index in [0.29, 0.717) is 18.5 Å². The molecule has 9 nitrogen and oxygen atoms in total. The Morgan fingerprint density at radius 2 is 2.07 bits per heavy atom. The highest BCUT2D eigenvalue weighted by Gasteiger charge is 2.39. The lowest BCUT2D eigenvalue weighted by Gasteiger charge is -2.29. The van der Waals surface area contributed by atoms with E-state index in [1.54, 1.807) is 10.7 Å². The smallest absolute Gasteiger partial charge is 0.255 e. The summed E-state index contributed by atoms with van der Waals surface area (Å²) in [5, 5.41) is 14.2. The number of nitrogens with zero attached hydrogens (tertiary/aromatic N) is 4. The average molecular weight is 396 g/mol. The zero-order valence-corrected chi connectivity index (χ0v) is 16.7. The van der Waals surface area contributed by atoms with Gasteiger partial charge in [-0.15, -0.1) is 5.10 Å². The van der Waals surface area contributed by atoms with Crippen molar-refractivity contribution >= 4 is 17.7 Å². The molecule has 2 aromatic rings. The van der Waals surface area contributed by atoms with Gasteiger partial charge in [0.2, 0.25) is 11.8 Å². The second-order valence-corrected chi connectivity index (χ2v) is 7.95. The van der Waals surface area contributed by atoms with E-state index in [1.165, 1.54) is 4.90 Å². The Morgan fingerprint density at radius 3 is 2.79 bits per heavy atom. The Hall–Kier alpha value is -3.07. The molecule has 29 heavy (non-hydrogen) atoms. The number of piperidine rings is 1. The molecule has 9 heteroatoms. The minimum absolute atomic E-state index is 0.186. The summed E-state index contributed by atoms with van der Waals surface area (Å²) in [6, 6.07) is 4.87. The van der Waals surface area contributed by atoms with Crippen molar-refractivity contribution < 1.29 is 14.4 Å². The first kappa shape index (κ1) is 19.3. The highest BCUT2D eigenvalue weighted by atomic mass is 16.2. The molecule has 1 atom stereocenters. The standard InChI is InChI=1S/C20H24N6O3/c1-4-21-20(2,3)16-11-26(24-23-16)13-5-6-14-12(9-13)10-25(19(14)29)15-7-8-17(27)22-18(15)28/h5-6,9,11,15,21H,4,7-8,10H2,1-3H3,(H,22,27,28). The number of hydrogen-bond donors (Lipinski definition) is 2. The molecule has 3 heterocycles. The van der Waals surface area contributed by atoms with Crippen molar-refractivity contribution in [1.82, 2.24) is 30.5 Å². The van der Waals surface area contributed by atoms with Crippen LogP contribution < -0.4 is 10.6 Å². The number of benzene rings is 1. The number of imide groups is 1. The van der Waals surface area contributed by atoms with E-state index in [1.807, 2.05) is 39.1 Å². The van der Waals surface area contributed by atoms with Crippen molar-refractivity contribution in [3.63, 3.8) is 0 Å². The van der Waals surface area contributed by atoms with Gasteiger partial charge in [0.05, 0.1) is 17.4 Å². The average Bonchev–Trinajstić information content (AvgIpc) is 3.28. The van der Waals surface area contributed by atoms with Crippen molar-refractivity contribution in [2.75, 3.05) is 6.54 Å². The molecule has 0 bridgehead atoms. The second kappa shape index (κ2) is 7.07. The lowest BCUT2D eigenvalue weighted by Crippen LogP contribution is -2.52. The van der Waals surface area contributed by atoms with Gasteiger partial charge in [-0.1, -0.05) is 12.1 Å². The molecule has 1 fully saturated rings. The molecule has 4 rings (SSSR count). The second-order valence-electron chi connectivity index (χ2n) is 7.95. The first-order chi connectivity index (χ1) is 13.8. The van der Waals surface area contributed by atoms with Crippen molar-refractivity contribution in [2.24, 2.45) is 0 Å². The number of rotatable bonds is 5. The number of amides is 3. The van der Waals surface area contributed by atoms with E-state index in [0.717, 1.165) is 23.5 Å². The van der Waals surface area contributed by atoms with Gasteiger partial charge in [-0.2, -0.15) is 0 Å². The van der Waals surface area contributed by atoms with Crippen LogP contribution in [-0.4, -0.2) is 50.2 Å². The van der Waals surface area contributed by atoms with Gasteiger partial charge in [0.25, 0.3) is 5.91 Å². The topological polar surface area (TPSA) is 109 Å². The van der Waals surface area contributed by atoms with E-state index < -0.39 is 11.9 Å². The summed E-state index contributed by atoms with van der Waals surface area (Å²) in [5.74, 6) is -0.886. The molecule has 2 aliphatic heterocycles. The fraction of sp³-hybridized carbons (Fsp3) is 0.450. The van der Waals surface area contributed by atoms with Gasteiger partial charge in [0.1, 0.15) is 11.7 Å². The van der Waals surface area contributed by atoms with Gasteiger partial charge in [0, 0.05) is 18.5 Å². The Labute approximate surface area is 168 Å². The van der Waals surface area contributed by atoms with Crippen molar-refractivity contribution in [3.05, 3.63) is 41.2 Å². The van der Waals surface area contributed by atoms with Gasteiger partial charge in [-0.05, 0) is 50.6 Å². The number of nitrogens with one attached hydrogen (secondary N) is 2. The monoisotopic (exact) mass is 396 g/mol. The predicted octanol–water partition coefficient (Wildman–Crippen LogP) is 0.873. The van der Waals surface area contributed by atoms with Crippen molar-refractivity contribution in [3.8, 4) is 5.69 Å². The molecule has 1 saturated heterocycles. The minimum Gasteiger partial charge on any atom is -0.322 e. The van der Waals surface area contributed by atoms with E-state index in [-0.39, 0.29) is 23.8 Å². The summed E-state index contributed by atoms with van der Waals surface area (Å²) in [7, 11) is 0. The summed E-state index contributed by atoms with van der Waals surface area (Å²) >= 11 is 0. The van der Waals surface area contributed by atoms with Crippen LogP contribution in [0.1, 0.15) is 55.2 Å². The van der Waals surface area contributed by atoms with Gasteiger partial charge < -0.3 is 10.2 Å². The molecule has 1 aromatic carbocycles. The number of hydrogen-bond acceptors (Lipinski definition) is 6. The van der Waals surface area contributed by atoms with E-state index in [2.05, 4.69) is 20.9 Å². The number of aromatic nitrogens is 3. The summed E-state index contributed by atoms with van der Waals surface area (Å²) < 4.78 is 1.69. The van der Waals surface area contributed by atoms with Crippen LogP contribution in [0.5, 0.6) is 0 Å². The minimum atomic E-state index is -0.616. The Kier molecular flexibility index (Phi) is 4.70. The largest absolute Gasteiger partial charge is 0.322 e. The SMILES string of the molecule is CCNC(C)(C)c1cn(-c2ccc3c(c2)CN(C2CCC(=O)NC2=O)C3=O)nn1. The number of carbonyl (C=O) groups excluding carboxylic acids is 3. The third-order valence-corrected chi connectivity index (χ3v) is 5.52. The molecule has 3 amide bonds. The summed E-state index contributed by atoms with van der Waals surface area (Å²) in [6.45, 7) is 7.28. The molecule has 0 aliphatic carbocycles. The number of carbonyl (C=O) groups is 3. The van der Waals surface area contributed by atoms with Crippen LogP contribution in [0.2, 0.25) is 0 Å². The first-order valence-corrected chi connectivity index (χ1v) is 9.76. The quantitative estimate of drug-likeness (QED) is 0.726. The first-order valence-electron chi connectivity index (χ1n) is 9.76. The van der Waals surface area contributed by atoms with Crippen LogP contribution in [-0.2, 0) is 21.7 Å². The van der Waals surface area contributed by atoms with Crippen molar-refractivity contribution in [2.45, 2.75) is 51.7 Å². The molecule has 1 aromatic heterocycles. The maximum absolute atomic E-state index is 12.8. The lowest BCUT2D eigenvalue weighted by atomic mass is 10.0. The van der Waals surface area contributed by atoms with Crippen LogP contribution in [0, 0.1) is 0 Å². The summed E-state index contributed by atoms with van der Waals surface area (Å²) in [4.78, 5) is 37.9. The summed E-state index contributed by atoms with van der Waals surface area (Å²) in [6.07, 6.45) is 2.47. The van der Waals surface area contributed by atoms with Crippen LogP contribution in [0.4, 0.5) is 0 Å². The van der Waals surface area contributed by atoms with E-state index in [4.69, 9.17) is 0 Å². The number of fused-ring (bicyclic) bond motifs is 1. The van der Waals surface area contributed by atoms with Gasteiger partial charge >= 0.3 is 0 Å². The maximum Gasteiger partial charge on any atom is 0.255 e. The van der Waals surface area contributed by atoms with E-state index in [9.17, 15) is 14.4 Å². The molecule has 2 N–H and O–H groups in total. The molecule has 152 valence electrons. The molecular weight excluding hydrogens is 372 g/mol. The zero-order chi connectivity index (χ0) is 20.8. The van der Waals surface area contributed by atoms with Gasteiger partial charge in [-0.3, -0.25) is 19.7 Å². The zero-order valence-electron chi connectivity index (χ0n) is 16.7. The molecule has 2 aliphatic rings. The highest BCUT2D eigenvalue weighted by molar-refractivity contribution is 6.05. The third kappa shape index (κ3) is 3.42. The molecule has 0 spiro atoms. The van der Waals surface area contributed by atoms with Crippen LogP contribution >= 0.6 is 0 Å². The fourth-order valence-electron chi connectivity index (χ4n) is 3.91. The Morgan fingerprint density at radius 1 is 1.28 bits per heavy atom. The van der Waals surface area contributed by atoms with Crippen molar-refractivity contribution in [1.29, 1.82) is 0 Å². The third-order valence-electron chi connectivity index (χ3n) is 5.52. The highest BCUT2D eigenvalue weighted by Crippen LogP contribution is 2.29. The van der Waals surface area contributed by atoms with E-state index >= 15 is 0 Å². The van der Waals surface area contributed by atoms with Gasteiger partial charge in [-0.25, -0.2) is 4.68 Å². The Bertz CT molecular complexity index is 996. The molecule has 0 radical (unpaired) electrons. The van der Waals surface area contributed by atoms with Gasteiger partial charge in [0.15, 0.2) is 0 Å². The van der Waals surface area contributed by atoms with Crippen LogP contribution in [0.25, 0.3) is 5.69 Å². The molecule has 1 unspecified atom stereocenters. The normalized spacial score (nSPS) is 19.5.